The van der Waals surface area contributed by atoms with Crippen LogP contribution in [0.1, 0.15) is 38.5 Å². The number of nitrogens with zero attached hydrogens (tertiary/aromatic N) is 2. The Labute approximate surface area is 177 Å². The van der Waals surface area contributed by atoms with Crippen molar-refractivity contribution in [2.75, 3.05) is 32.7 Å². The molecule has 3 rings (SSSR count). The predicted octanol–water partition coefficient (Wildman–Crippen LogP) is 3.14. The van der Waals surface area contributed by atoms with Gasteiger partial charge in [-0.15, -0.1) is 0 Å². The van der Waals surface area contributed by atoms with Crippen molar-refractivity contribution in [2.24, 2.45) is 0 Å². The van der Waals surface area contributed by atoms with Crippen LogP contribution in [0.3, 0.4) is 0 Å². The summed E-state index contributed by atoms with van der Waals surface area (Å²) in [5.74, 6) is 0.0349. The van der Waals surface area contributed by atoms with Crippen LogP contribution in [0.25, 0.3) is 0 Å². The van der Waals surface area contributed by atoms with E-state index in [1.807, 2.05) is 4.90 Å². The standard InChI is InChI=1S/C19H27Cl2N3O3S/c20-17-8-7-16(13-18(17)21)28(26,27)24-11-9-23(10-12-24)14-19(25)22-15-5-3-1-2-4-6-15/h7-8,13,15H,1-6,9-12,14H2,(H,22,25). The lowest BCUT2D eigenvalue weighted by Gasteiger charge is -2.33. The fourth-order valence-corrected chi connectivity index (χ4v) is 5.63. The largest absolute Gasteiger partial charge is 0.352 e. The average molecular weight is 448 g/mol. The molecule has 1 N–H and O–H groups in total. The number of carbonyl (C=O) groups excluding carboxylic acids is 1. The monoisotopic (exact) mass is 447 g/mol. The van der Waals surface area contributed by atoms with Gasteiger partial charge in [-0.2, -0.15) is 4.31 Å². The van der Waals surface area contributed by atoms with Gasteiger partial charge in [0.2, 0.25) is 15.9 Å². The van der Waals surface area contributed by atoms with Crippen LogP contribution in [0.15, 0.2) is 23.1 Å². The first-order valence-corrected chi connectivity index (χ1v) is 12.0. The molecule has 0 unspecified atom stereocenters. The number of nitrogens with one attached hydrogen (secondary N) is 1. The molecular formula is C19H27Cl2N3O3S. The first-order valence-electron chi connectivity index (χ1n) is 9.83. The summed E-state index contributed by atoms with van der Waals surface area (Å²) >= 11 is 11.8. The molecular weight excluding hydrogens is 421 g/mol. The van der Waals surface area contributed by atoms with Crippen LogP contribution >= 0.6 is 23.2 Å². The molecule has 1 amide bonds. The third-order valence-electron chi connectivity index (χ3n) is 5.45. The molecule has 0 aromatic heterocycles. The van der Waals surface area contributed by atoms with Gasteiger partial charge >= 0.3 is 0 Å². The van der Waals surface area contributed by atoms with Crippen LogP contribution in [0.4, 0.5) is 0 Å². The average Bonchev–Trinajstić information content (AvgIpc) is 2.93. The van der Waals surface area contributed by atoms with Gasteiger partial charge < -0.3 is 5.32 Å². The number of benzene rings is 1. The van der Waals surface area contributed by atoms with Gasteiger partial charge in [0.25, 0.3) is 0 Å². The first kappa shape index (κ1) is 21.8. The summed E-state index contributed by atoms with van der Waals surface area (Å²) < 4.78 is 27.0. The highest BCUT2D eigenvalue weighted by atomic mass is 35.5. The summed E-state index contributed by atoms with van der Waals surface area (Å²) in [6.07, 6.45) is 6.97. The number of piperazine rings is 1. The number of hydrogen-bond acceptors (Lipinski definition) is 4. The molecule has 156 valence electrons. The number of hydrogen-bond donors (Lipinski definition) is 1. The SMILES string of the molecule is O=C(CN1CCN(S(=O)(=O)c2ccc(Cl)c(Cl)c2)CC1)NC1CCCCCC1. The Morgan fingerprint density at radius 2 is 1.64 bits per heavy atom. The third-order valence-corrected chi connectivity index (χ3v) is 8.08. The highest BCUT2D eigenvalue weighted by Gasteiger charge is 2.29. The van der Waals surface area contributed by atoms with E-state index in [4.69, 9.17) is 23.2 Å². The van der Waals surface area contributed by atoms with Crippen LogP contribution in [0, 0.1) is 0 Å². The van der Waals surface area contributed by atoms with Gasteiger partial charge in [-0.05, 0) is 31.0 Å². The van der Waals surface area contributed by atoms with Gasteiger partial charge in [-0.3, -0.25) is 9.69 Å². The number of sulfonamides is 1. The van der Waals surface area contributed by atoms with Crippen molar-refractivity contribution >= 4 is 39.1 Å². The molecule has 1 heterocycles. The molecule has 1 saturated carbocycles. The van der Waals surface area contributed by atoms with Crippen molar-refractivity contribution in [3.05, 3.63) is 28.2 Å². The smallest absolute Gasteiger partial charge is 0.243 e. The van der Waals surface area contributed by atoms with Gasteiger partial charge in [0.1, 0.15) is 0 Å². The van der Waals surface area contributed by atoms with Crippen LogP contribution in [0.5, 0.6) is 0 Å². The van der Waals surface area contributed by atoms with E-state index in [0.717, 1.165) is 12.8 Å². The normalized spacial score (nSPS) is 20.6. The molecule has 1 aliphatic carbocycles. The second-order valence-corrected chi connectivity index (χ2v) is 10.3. The summed E-state index contributed by atoms with van der Waals surface area (Å²) in [4.78, 5) is 14.5. The Balaban J connectivity index is 1.50. The van der Waals surface area contributed by atoms with Crippen molar-refractivity contribution in [1.82, 2.24) is 14.5 Å². The molecule has 1 aromatic rings. The van der Waals surface area contributed by atoms with E-state index in [0.29, 0.717) is 37.7 Å². The van der Waals surface area contributed by atoms with E-state index < -0.39 is 10.0 Å². The van der Waals surface area contributed by atoms with E-state index in [2.05, 4.69) is 5.32 Å². The number of halogens is 2. The third kappa shape index (κ3) is 5.60. The maximum absolute atomic E-state index is 12.8. The molecule has 0 radical (unpaired) electrons. The Morgan fingerprint density at radius 3 is 2.25 bits per heavy atom. The Kier molecular flexibility index (Phi) is 7.61. The summed E-state index contributed by atoms with van der Waals surface area (Å²) in [6, 6.07) is 4.62. The van der Waals surface area contributed by atoms with E-state index in [9.17, 15) is 13.2 Å². The Bertz CT molecular complexity index is 788. The lowest BCUT2D eigenvalue weighted by Crippen LogP contribution is -2.51. The van der Waals surface area contributed by atoms with E-state index >= 15 is 0 Å². The molecule has 1 aromatic carbocycles. The molecule has 0 bridgehead atoms. The molecule has 0 spiro atoms. The van der Waals surface area contributed by atoms with Gasteiger partial charge in [0, 0.05) is 32.2 Å². The number of amides is 1. The zero-order valence-corrected chi connectivity index (χ0v) is 18.2. The summed E-state index contributed by atoms with van der Waals surface area (Å²) in [5, 5.41) is 3.69. The number of rotatable bonds is 5. The topological polar surface area (TPSA) is 69.7 Å². The fraction of sp³-hybridized carbons (Fsp3) is 0.632. The summed E-state index contributed by atoms with van der Waals surface area (Å²) in [7, 11) is -3.62. The lowest BCUT2D eigenvalue weighted by atomic mass is 10.1. The molecule has 28 heavy (non-hydrogen) atoms. The molecule has 9 heteroatoms. The van der Waals surface area contributed by atoms with E-state index in [-0.39, 0.29) is 21.9 Å². The molecule has 1 saturated heterocycles. The zero-order valence-electron chi connectivity index (χ0n) is 15.9. The lowest BCUT2D eigenvalue weighted by molar-refractivity contribution is -0.123. The van der Waals surface area contributed by atoms with E-state index in [1.165, 1.54) is 48.2 Å². The summed E-state index contributed by atoms with van der Waals surface area (Å²) in [5.41, 5.74) is 0. The summed E-state index contributed by atoms with van der Waals surface area (Å²) in [6.45, 7) is 2.06. The van der Waals surface area contributed by atoms with Crippen molar-refractivity contribution in [3.8, 4) is 0 Å². The van der Waals surface area contributed by atoms with E-state index in [1.54, 1.807) is 0 Å². The van der Waals surface area contributed by atoms with Crippen LogP contribution in [-0.2, 0) is 14.8 Å². The van der Waals surface area contributed by atoms with Crippen molar-refractivity contribution in [3.63, 3.8) is 0 Å². The molecule has 1 aliphatic heterocycles. The molecule has 2 fully saturated rings. The number of carbonyl (C=O) groups is 1. The highest BCUT2D eigenvalue weighted by molar-refractivity contribution is 7.89. The minimum atomic E-state index is -3.62. The van der Waals surface area contributed by atoms with Gasteiger partial charge in [0.15, 0.2) is 0 Å². The maximum Gasteiger partial charge on any atom is 0.243 e. The molecule has 6 nitrogen and oxygen atoms in total. The van der Waals surface area contributed by atoms with Crippen LogP contribution in [-0.4, -0.2) is 62.3 Å². The Hall–Kier alpha value is -0.860. The first-order chi connectivity index (χ1) is 13.4. The molecule has 0 atom stereocenters. The fourth-order valence-electron chi connectivity index (χ4n) is 3.81. The minimum absolute atomic E-state index is 0.0349. The zero-order chi connectivity index (χ0) is 20.1. The second-order valence-electron chi connectivity index (χ2n) is 7.51. The highest BCUT2D eigenvalue weighted by Crippen LogP contribution is 2.27. The van der Waals surface area contributed by atoms with Gasteiger partial charge in [-0.1, -0.05) is 48.9 Å². The van der Waals surface area contributed by atoms with Crippen LogP contribution in [0.2, 0.25) is 10.0 Å². The molecule has 2 aliphatic rings. The van der Waals surface area contributed by atoms with Gasteiger partial charge in [-0.25, -0.2) is 8.42 Å². The Morgan fingerprint density at radius 1 is 1.00 bits per heavy atom. The van der Waals surface area contributed by atoms with Crippen molar-refractivity contribution < 1.29 is 13.2 Å². The van der Waals surface area contributed by atoms with Gasteiger partial charge in [0.05, 0.1) is 21.5 Å². The maximum atomic E-state index is 12.8. The van der Waals surface area contributed by atoms with Crippen molar-refractivity contribution in [1.29, 1.82) is 0 Å². The second kappa shape index (κ2) is 9.76. The predicted molar refractivity (Wildman–Crippen MR) is 111 cm³/mol. The van der Waals surface area contributed by atoms with Crippen molar-refractivity contribution in [2.45, 2.75) is 49.5 Å². The minimum Gasteiger partial charge on any atom is -0.352 e. The van der Waals surface area contributed by atoms with Crippen LogP contribution < -0.4 is 5.32 Å². The quantitative estimate of drug-likeness (QED) is 0.703.